The first kappa shape index (κ1) is 18.9. The molecule has 4 aromatic carbocycles. The van der Waals surface area contributed by atoms with Crippen LogP contribution in [0.15, 0.2) is 101 Å². The summed E-state index contributed by atoms with van der Waals surface area (Å²) < 4.78 is 0. The van der Waals surface area contributed by atoms with E-state index in [4.69, 9.17) is 0 Å². The third-order valence-corrected chi connectivity index (χ3v) is 6.59. The van der Waals surface area contributed by atoms with Gasteiger partial charge in [-0.1, -0.05) is 84.5 Å². The first-order valence-electron chi connectivity index (χ1n) is 11.2. The molecule has 154 valence electrons. The number of carbonyl (C=O) groups excluding carboxylic acids is 1. The Balaban J connectivity index is 0.000000126. The van der Waals surface area contributed by atoms with Crippen molar-refractivity contribution in [3.63, 3.8) is 0 Å². The molecule has 3 heteroatoms. The van der Waals surface area contributed by atoms with Crippen LogP contribution in [-0.2, 0) is 6.42 Å². The SMILES string of the molecule is C1=CC2=C(CC1)CCc1c2ccc2ccccc12.O=C1N=c2ccc3ccccc3c2=N1. The molecular formula is C29H22N2O. The van der Waals surface area contributed by atoms with Gasteiger partial charge in [0.2, 0.25) is 0 Å². The van der Waals surface area contributed by atoms with E-state index in [0.717, 1.165) is 10.8 Å². The standard InChI is InChI=1S/C18H16.C11H6N2O/c1-3-7-15-13(5-1)9-11-18-16-8-4-2-6-14(16)10-12-17(15)18;14-11-12-9-6-5-7-3-1-2-4-8(7)10(9)13-11/h1,3-5,7-9,11H,2,6,10,12H2;1-6H. The number of carbonyl (C=O) groups is 1. The average molecular weight is 415 g/mol. The zero-order valence-corrected chi connectivity index (χ0v) is 17.7. The highest BCUT2D eigenvalue weighted by molar-refractivity contribution is 5.93. The zero-order chi connectivity index (χ0) is 21.5. The average Bonchev–Trinajstić information content (AvgIpc) is 3.25. The van der Waals surface area contributed by atoms with Crippen LogP contribution in [0.1, 0.15) is 30.4 Å². The maximum Gasteiger partial charge on any atom is 0.368 e. The quantitative estimate of drug-likeness (QED) is 0.343. The van der Waals surface area contributed by atoms with Crippen molar-refractivity contribution >= 4 is 33.1 Å². The van der Waals surface area contributed by atoms with Crippen molar-refractivity contribution in [2.75, 3.05) is 0 Å². The molecule has 32 heavy (non-hydrogen) atoms. The maximum atomic E-state index is 11.0. The second-order valence-corrected chi connectivity index (χ2v) is 8.43. The summed E-state index contributed by atoms with van der Waals surface area (Å²) in [5.41, 5.74) is 6.21. The molecule has 3 nitrogen and oxygen atoms in total. The molecule has 0 saturated carbocycles. The molecule has 1 heterocycles. The molecule has 2 amide bonds. The third-order valence-electron chi connectivity index (χ3n) is 6.59. The molecular weight excluding hydrogens is 392 g/mol. The molecule has 2 aliphatic carbocycles. The van der Waals surface area contributed by atoms with Gasteiger partial charge in [0.1, 0.15) is 5.36 Å². The lowest BCUT2D eigenvalue weighted by atomic mass is 9.80. The van der Waals surface area contributed by atoms with E-state index < -0.39 is 6.03 Å². The van der Waals surface area contributed by atoms with E-state index in [1.807, 2.05) is 36.4 Å². The van der Waals surface area contributed by atoms with Crippen LogP contribution in [0.5, 0.6) is 0 Å². The van der Waals surface area contributed by atoms with E-state index in [0.29, 0.717) is 10.7 Å². The molecule has 0 bridgehead atoms. The summed E-state index contributed by atoms with van der Waals surface area (Å²) in [6.07, 6.45) is 9.61. The predicted octanol–water partition coefficient (Wildman–Crippen LogP) is 6.10. The Hall–Kier alpha value is -3.85. The van der Waals surface area contributed by atoms with Crippen LogP contribution in [-0.4, -0.2) is 6.03 Å². The van der Waals surface area contributed by atoms with Crippen LogP contribution in [0.2, 0.25) is 0 Å². The van der Waals surface area contributed by atoms with Crippen LogP contribution in [0.25, 0.3) is 27.1 Å². The van der Waals surface area contributed by atoms with Gasteiger partial charge in [-0.2, -0.15) is 9.98 Å². The van der Waals surface area contributed by atoms with Gasteiger partial charge < -0.3 is 0 Å². The molecule has 0 unspecified atom stereocenters. The number of urea groups is 1. The van der Waals surface area contributed by atoms with Crippen molar-refractivity contribution < 1.29 is 4.79 Å². The van der Waals surface area contributed by atoms with Gasteiger partial charge in [-0.15, -0.1) is 0 Å². The summed E-state index contributed by atoms with van der Waals surface area (Å²) in [5, 5.41) is 6.27. The van der Waals surface area contributed by atoms with Gasteiger partial charge in [-0.05, 0) is 64.6 Å². The van der Waals surface area contributed by atoms with Crippen molar-refractivity contribution in [1.29, 1.82) is 0 Å². The fourth-order valence-corrected chi connectivity index (χ4v) is 5.06. The maximum absolute atomic E-state index is 11.0. The third kappa shape index (κ3) is 3.18. The van der Waals surface area contributed by atoms with Crippen molar-refractivity contribution in [2.45, 2.75) is 25.7 Å². The molecule has 0 N–H and O–H groups in total. The highest BCUT2D eigenvalue weighted by Crippen LogP contribution is 2.39. The molecule has 0 spiro atoms. The molecule has 4 aromatic rings. The lowest BCUT2D eigenvalue weighted by Crippen LogP contribution is -2.21. The first-order valence-corrected chi connectivity index (χ1v) is 11.2. The van der Waals surface area contributed by atoms with E-state index in [1.54, 1.807) is 11.1 Å². The van der Waals surface area contributed by atoms with Crippen LogP contribution < -0.4 is 10.7 Å². The monoisotopic (exact) mass is 414 g/mol. The second-order valence-electron chi connectivity index (χ2n) is 8.43. The topological polar surface area (TPSA) is 41.8 Å². The van der Waals surface area contributed by atoms with Crippen molar-refractivity contribution in [2.24, 2.45) is 9.98 Å². The van der Waals surface area contributed by atoms with Gasteiger partial charge >= 0.3 is 6.03 Å². The van der Waals surface area contributed by atoms with Gasteiger partial charge in [-0.3, -0.25) is 0 Å². The minimum Gasteiger partial charge on any atom is -0.244 e. The molecule has 0 atom stereocenters. The highest BCUT2D eigenvalue weighted by Gasteiger charge is 2.20. The Kier molecular flexibility index (Phi) is 4.53. The minimum atomic E-state index is -0.406. The molecule has 0 radical (unpaired) electrons. The number of benzene rings is 4. The van der Waals surface area contributed by atoms with Crippen LogP contribution in [0.4, 0.5) is 4.79 Å². The number of amides is 2. The normalized spacial score (nSPS) is 15.9. The van der Waals surface area contributed by atoms with Crippen LogP contribution in [0, 0.1) is 0 Å². The van der Waals surface area contributed by atoms with Crippen LogP contribution >= 0.6 is 0 Å². The van der Waals surface area contributed by atoms with E-state index in [-0.39, 0.29) is 0 Å². The zero-order valence-electron chi connectivity index (χ0n) is 17.7. The largest absolute Gasteiger partial charge is 0.368 e. The fraction of sp³-hybridized carbons (Fsp3) is 0.138. The molecule has 0 aromatic heterocycles. The summed E-state index contributed by atoms with van der Waals surface area (Å²) >= 11 is 0. The predicted molar refractivity (Wildman–Crippen MR) is 129 cm³/mol. The lowest BCUT2D eigenvalue weighted by Gasteiger charge is -2.25. The Morgan fingerprint density at radius 2 is 1.44 bits per heavy atom. The van der Waals surface area contributed by atoms with E-state index >= 15 is 0 Å². The molecule has 0 fully saturated rings. The number of rotatable bonds is 0. The summed E-state index contributed by atoms with van der Waals surface area (Å²) in [6, 6.07) is 24.6. The van der Waals surface area contributed by atoms with Gasteiger partial charge in [0.15, 0.2) is 0 Å². The van der Waals surface area contributed by atoms with E-state index in [1.165, 1.54) is 47.6 Å². The number of aryl methyl sites for hydroxylation is 1. The van der Waals surface area contributed by atoms with Crippen molar-refractivity contribution in [1.82, 2.24) is 0 Å². The number of hydrogen-bond acceptors (Lipinski definition) is 1. The fourth-order valence-electron chi connectivity index (χ4n) is 5.06. The first-order chi connectivity index (χ1) is 15.8. The smallest absolute Gasteiger partial charge is 0.244 e. The summed E-state index contributed by atoms with van der Waals surface area (Å²) in [4.78, 5) is 18.7. The van der Waals surface area contributed by atoms with E-state index in [2.05, 4.69) is 58.5 Å². The summed E-state index contributed by atoms with van der Waals surface area (Å²) in [7, 11) is 0. The van der Waals surface area contributed by atoms with Gasteiger partial charge in [0.25, 0.3) is 0 Å². The van der Waals surface area contributed by atoms with E-state index in [9.17, 15) is 4.79 Å². The van der Waals surface area contributed by atoms with Crippen LogP contribution in [0.3, 0.4) is 0 Å². The molecule has 0 saturated heterocycles. The van der Waals surface area contributed by atoms with Gasteiger partial charge in [0, 0.05) is 5.39 Å². The Bertz CT molecular complexity index is 1590. The number of hydrogen-bond donors (Lipinski definition) is 0. The molecule has 7 rings (SSSR count). The minimum absolute atomic E-state index is 0.406. The summed E-state index contributed by atoms with van der Waals surface area (Å²) in [5.74, 6) is 0. The number of allylic oxidation sites excluding steroid dienone is 4. The Morgan fingerprint density at radius 1 is 0.688 bits per heavy atom. The Labute approximate surface area is 186 Å². The number of nitrogens with zero attached hydrogens (tertiary/aromatic N) is 2. The second kappa shape index (κ2) is 7.69. The Morgan fingerprint density at radius 3 is 2.31 bits per heavy atom. The van der Waals surface area contributed by atoms with Gasteiger partial charge in [-0.25, -0.2) is 4.79 Å². The number of fused-ring (bicyclic) bond motifs is 7. The van der Waals surface area contributed by atoms with Crippen molar-refractivity contribution in [3.8, 4) is 0 Å². The molecule has 1 aliphatic heterocycles. The molecule has 3 aliphatic rings. The van der Waals surface area contributed by atoms with Gasteiger partial charge in [0.05, 0.1) is 5.36 Å². The summed E-state index contributed by atoms with van der Waals surface area (Å²) in [6.45, 7) is 0. The highest BCUT2D eigenvalue weighted by atomic mass is 16.2. The van der Waals surface area contributed by atoms with Crippen molar-refractivity contribution in [3.05, 3.63) is 112 Å². The lowest BCUT2D eigenvalue weighted by molar-refractivity contribution is 0.257.